The molecule has 0 saturated heterocycles. The van der Waals surface area contributed by atoms with Crippen LogP contribution in [0.4, 0.5) is 0 Å². The maximum atomic E-state index is 11.7. The van der Waals surface area contributed by atoms with E-state index in [-0.39, 0.29) is 17.8 Å². The van der Waals surface area contributed by atoms with Crippen LogP contribution < -0.4 is 33.2 Å². The summed E-state index contributed by atoms with van der Waals surface area (Å²) in [5.74, 6) is 0.0930. The Bertz CT molecular complexity index is 413. The van der Waals surface area contributed by atoms with Gasteiger partial charge in [-0.05, 0) is 51.7 Å². The summed E-state index contributed by atoms with van der Waals surface area (Å²) in [6.45, 7) is 4.29. The molecule has 0 rings (SSSR count). The second-order valence-electron chi connectivity index (χ2n) is 6.52. The molecule has 27 heavy (non-hydrogen) atoms. The van der Waals surface area contributed by atoms with E-state index in [4.69, 9.17) is 17.2 Å². The molecule has 0 bridgehead atoms. The van der Waals surface area contributed by atoms with Gasteiger partial charge in [-0.25, -0.2) is 0 Å². The van der Waals surface area contributed by atoms with Crippen LogP contribution in [0.2, 0.25) is 0 Å². The molecular formula is C18H39N7O2. The van der Waals surface area contributed by atoms with Gasteiger partial charge >= 0.3 is 0 Å². The smallest absolute Gasteiger partial charge is 0.221 e. The number of nitrogens with one attached hydrogen (secondary N) is 3. The second kappa shape index (κ2) is 18.9. The summed E-state index contributed by atoms with van der Waals surface area (Å²) in [7, 11) is 0. The number of unbranched alkanes of at least 4 members (excludes halogenated alkanes) is 4. The molecule has 0 aliphatic carbocycles. The third kappa shape index (κ3) is 20.3. The van der Waals surface area contributed by atoms with E-state index in [0.29, 0.717) is 39.0 Å². The van der Waals surface area contributed by atoms with Crippen LogP contribution in [0.1, 0.15) is 57.8 Å². The van der Waals surface area contributed by atoms with Crippen molar-refractivity contribution in [3.05, 3.63) is 0 Å². The van der Waals surface area contributed by atoms with Gasteiger partial charge in [0.1, 0.15) is 0 Å². The summed E-state index contributed by atoms with van der Waals surface area (Å²) < 4.78 is 0. The van der Waals surface area contributed by atoms with Crippen LogP contribution in [-0.4, -0.2) is 57.0 Å². The SMILES string of the molecule is NCCCNCCCCNC(=O)CCNC(=O)CCCCCCN=C(N)N. The van der Waals surface area contributed by atoms with Crippen LogP contribution in [0.25, 0.3) is 0 Å². The van der Waals surface area contributed by atoms with E-state index in [1.807, 2.05) is 0 Å². The highest BCUT2D eigenvalue weighted by molar-refractivity contribution is 5.78. The maximum Gasteiger partial charge on any atom is 0.221 e. The van der Waals surface area contributed by atoms with E-state index in [1.165, 1.54) is 0 Å². The van der Waals surface area contributed by atoms with Crippen molar-refractivity contribution in [1.29, 1.82) is 0 Å². The lowest BCUT2D eigenvalue weighted by molar-refractivity contribution is -0.122. The maximum absolute atomic E-state index is 11.7. The average molecular weight is 386 g/mol. The first-order valence-corrected chi connectivity index (χ1v) is 10.1. The molecule has 9 heteroatoms. The zero-order chi connectivity index (χ0) is 20.2. The minimum atomic E-state index is -0.0221. The number of carbonyl (C=O) groups is 2. The lowest BCUT2D eigenvalue weighted by Crippen LogP contribution is -2.31. The number of guanidine groups is 1. The third-order valence-corrected chi connectivity index (χ3v) is 3.94. The van der Waals surface area contributed by atoms with E-state index in [0.717, 1.165) is 58.0 Å². The first-order valence-electron chi connectivity index (χ1n) is 10.1. The van der Waals surface area contributed by atoms with Gasteiger partial charge in [-0.2, -0.15) is 0 Å². The Hall–Kier alpha value is -1.87. The first kappa shape index (κ1) is 25.1. The van der Waals surface area contributed by atoms with E-state index < -0.39 is 0 Å². The Balaban J connectivity index is 3.37. The summed E-state index contributed by atoms with van der Waals surface area (Å²) in [5.41, 5.74) is 15.9. The fraction of sp³-hybridized carbons (Fsp3) is 0.833. The van der Waals surface area contributed by atoms with E-state index in [9.17, 15) is 9.59 Å². The van der Waals surface area contributed by atoms with Crippen molar-refractivity contribution < 1.29 is 9.59 Å². The number of amides is 2. The zero-order valence-corrected chi connectivity index (χ0v) is 16.6. The van der Waals surface area contributed by atoms with Crippen molar-refractivity contribution in [2.45, 2.75) is 57.8 Å². The van der Waals surface area contributed by atoms with Crippen molar-refractivity contribution in [3.63, 3.8) is 0 Å². The van der Waals surface area contributed by atoms with Gasteiger partial charge < -0.3 is 33.2 Å². The summed E-state index contributed by atoms with van der Waals surface area (Å²) in [5, 5.41) is 8.96. The predicted octanol–water partition coefficient (Wildman–Crippen LogP) is -0.449. The molecule has 9 N–H and O–H groups in total. The van der Waals surface area contributed by atoms with Crippen LogP contribution in [0, 0.1) is 0 Å². The van der Waals surface area contributed by atoms with Crippen LogP contribution in [-0.2, 0) is 9.59 Å². The number of rotatable bonds is 18. The van der Waals surface area contributed by atoms with Crippen LogP contribution >= 0.6 is 0 Å². The monoisotopic (exact) mass is 385 g/mol. The Morgan fingerprint density at radius 1 is 0.704 bits per heavy atom. The molecule has 9 nitrogen and oxygen atoms in total. The van der Waals surface area contributed by atoms with Gasteiger partial charge in [0.25, 0.3) is 0 Å². The minimum absolute atomic E-state index is 0.00410. The molecule has 0 saturated carbocycles. The lowest BCUT2D eigenvalue weighted by atomic mass is 10.1. The minimum Gasteiger partial charge on any atom is -0.370 e. The second-order valence-corrected chi connectivity index (χ2v) is 6.52. The van der Waals surface area contributed by atoms with Gasteiger partial charge in [0, 0.05) is 32.5 Å². The van der Waals surface area contributed by atoms with Gasteiger partial charge in [-0.3, -0.25) is 14.6 Å². The number of aliphatic imine (C=N–C) groups is 1. The molecule has 0 aliphatic heterocycles. The highest BCUT2D eigenvalue weighted by atomic mass is 16.2. The molecular weight excluding hydrogens is 346 g/mol. The van der Waals surface area contributed by atoms with Crippen molar-refractivity contribution in [1.82, 2.24) is 16.0 Å². The Labute approximate surface area is 163 Å². The molecule has 0 aromatic rings. The van der Waals surface area contributed by atoms with Crippen molar-refractivity contribution in [2.24, 2.45) is 22.2 Å². The van der Waals surface area contributed by atoms with E-state index >= 15 is 0 Å². The van der Waals surface area contributed by atoms with Gasteiger partial charge in [0.2, 0.25) is 11.8 Å². The fourth-order valence-corrected chi connectivity index (χ4v) is 2.41. The van der Waals surface area contributed by atoms with Gasteiger partial charge in [-0.1, -0.05) is 12.8 Å². The van der Waals surface area contributed by atoms with Gasteiger partial charge in [-0.15, -0.1) is 0 Å². The first-order chi connectivity index (χ1) is 13.1. The molecule has 0 fully saturated rings. The van der Waals surface area contributed by atoms with E-state index in [1.54, 1.807) is 0 Å². The Kier molecular flexibility index (Phi) is 17.6. The molecule has 0 radical (unpaired) electrons. The molecule has 0 aliphatic rings. The topological polar surface area (TPSA) is 161 Å². The largest absolute Gasteiger partial charge is 0.370 e. The summed E-state index contributed by atoms with van der Waals surface area (Å²) in [6, 6.07) is 0. The molecule has 0 aromatic carbocycles. The average Bonchev–Trinajstić information content (AvgIpc) is 2.63. The van der Waals surface area contributed by atoms with Crippen molar-refractivity contribution in [3.8, 4) is 0 Å². The third-order valence-electron chi connectivity index (χ3n) is 3.94. The fourth-order valence-electron chi connectivity index (χ4n) is 2.41. The lowest BCUT2D eigenvalue weighted by Gasteiger charge is -2.07. The predicted molar refractivity (Wildman–Crippen MR) is 110 cm³/mol. The summed E-state index contributed by atoms with van der Waals surface area (Å²) in [6.07, 6.45) is 7.47. The van der Waals surface area contributed by atoms with Crippen molar-refractivity contribution >= 4 is 17.8 Å². The Morgan fingerprint density at radius 3 is 2.07 bits per heavy atom. The van der Waals surface area contributed by atoms with Crippen LogP contribution in [0.3, 0.4) is 0 Å². The van der Waals surface area contributed by atoms with Crippen molar-refractivity contribution in [2.75, 3.05) is 39.3 Å². The molecule has 2 amide bonds. The van der Waals surface area contributed by atoms with Crippen LogP contribution in [0.5, 0.6) is 0 Å². The Morgan fingerprint density at radius 2 is 1.33 bits per heavy atom. The molecule has 158 valence electrons. The van der Waals surface area contributed by atoms with Gasteiger partial charge in [0.15, 0.2) is 5.96 Å². The van der Waals surface area contributed by atoms with Gasteiger partial charge in [0.05, 0.1) is 0 Å². The highest BCUT2D eigenvalue weighted by Gasteiger charge is 2.04. The molecule has 0 heterocycles. The summed E-state index contributed by atoms with van der Waals surface area (Å²) in [4.78, 5) is 27.3. The standard InChI is InChI=1S/C18H39N7O2/c19-10-7-12-22-11-5-6-13-23-17(27)9-15-24-16(26)8-3-1-2-4-14-25-18(20)21/h22H,1-15,19H2,(H,23,27)(H,24,26)(H4,20,21,25). The molecule has 0 aromatic heterocycles. The highest BCUT2D eigenvalue weighted by Crippen LogP contribution is 2.03. The molecule has 0 atom stereocenters. The summed E-state index contributed by atoms with van der Waals surface area (Å²) >= 11 is 0. The van der Waals surface area contributed by atoms with E-state index in [2.05, 4.69) is 20.9 Å². The number of hydrogen-bond donors (Lipinski definition) is 6. The molecule has 0 unspecified atom stereocenters. The normalized spacial score (nSPS) is 10.4. The van der Waals surface area contributed by atoms with Crippen LogP contribution in [0.15, 0.2) is 4.99 Å². The number of hydrogen-bond acceptors (Lipinski definition) is 5. The number of nitrogens with zero attached hydrogens (tertiary/aromatic N) is 1. The molecule has 0 spiro atoms. The zero-order valence-electron chi connectivity index (χ0n) is 16.6. The quantitative estimate of drug-likeness (QED) is 0.106. The number of nitrogens with two attached hydrogens (primary N) is 3. The number of carbonyl (C=O) groups excluding carboxylic acids is 2.